The van der Waals surface area contributed by atoms with Crippen molar-refractivity contribution in [1.82, 2.24) is 4.98 Å². The smallest absolute Gasteiger partial charge is 0.142 e. The highest BCUT2D eigenvalue weighted by molar-refractivity contribution is 7.13. The standard InChI is InChI=1S/C9H14N2S/c1-4-5-7-11-9(10)8(12-7)6(2)3/h2,4-5,10H2,1,3H3. The maximum absolute atomic E-state index is 5.71. The van der Waals surface area contributed by atoms with Crippen molar-refractivity contribution in [1.29, 1.82) is 0 Å². The van der Waals surface area contributed by atoms with Gasteiger partial charge in [0.05, 0.1) is 9.88 Å². The summed E-state index contributed by atoms with van der Waals surface area (Å²) in [6, 6.07) is 0. The van der Waals surface area contributed by atoms with Gasteiger partial charge in [-0.2, -0.15) is 0 Å². The minimum atomic E-state index is 0.635. The minimum absolute atomic E-state index is 0.635. The molecule has 0 aliphatic carbocycles. The first-order chi connectivity index (χ1) is 5.65. The molecule has 0 amide bonds. The molecular formula is C9H14N2S. The molecule has 1 aromatic rings. The van der Waals surface area contributed by atoms with Crippen molar-refractivity contribution >= 4 is 22.7 Å². The Kier molecular flexibility index (Phi) is 2.87. The van der Waals surface area contributed by atoms with Gasteiger partial charge in [0.15, 0.2) is 0 Å². The lowest BCUT2D eigenvalue weighted by Gasteiger charge is -1.91. The van der Waals surface area contributed by atoms with Gasteiger partial charge in [-0.3, -0.25) is 0 Å². The van der Waals surface area contributed by atoms with Crippen molar-refractivity contribution < 1.29 is 0 Å². The molecule has 0 aliphatic heterocycles. The molecule has 2 nitrogen and oxygen atoms in total. The summed E-state index contributed by atoms with van der Waals surface area (Å²) < 4.78 is 0. The second-order valence-corrected chi connectivity index (χ2v) is 3.94. The number of allylic oxidation sites excluding steroid dienone is 1. The third kappa shape index (κ3) is 1.85. The fourth-order valence-electron chi connectivity index (χ4n) is 1.00. The van der Waals surface area contributed by atoms with E-state index in [4.69, 9.17) is 5.73 Å². The number of thiazole rings is 1. The fourth-order valence-corrected chi connectivity index (χ4v) is 2.01. The summed E-state index contributed by atoms with van der Waals surface area (Å²) in [5.41, 5.74) is 6.72. The molecule has 0 spiro atoms. The molecule has 0 saturated heterocycles. The molecule has 0 unspecified atom stereocenters. The highest BCUT2D eigenvalue weighted by Gasteiger charge is 2.07. The number of nitrogens with two attached hydrogens (primary N) is 1. The lowest BCUT2D eigenvalue weighted by molar-refractivity contribution is 0.910. The number of rotatable bonds is 3. The zero-order chi connectivity index (χ0) is 9.14. The van der Waals surface area contributed by atoms with Gasteiger partial charge in [0.1, 0.15) is 5.82 Å². The van der Waals surface area contributed by atoms with Crippen molar-refractivity contribution in [3.63, 3.8) is 0 Å². The molecule has 1 rings (SSSR count). The van der Waals surface area contributed by atoms with E-state index in [1.54, 1.807) is 11.3 Å². The van der Waals surface area contributed by atoms with Crippen LogP contribution in [0.2, 0.25) is 0 Å². The predicted molar refractivity (Wildman–Crippen MR) is 55.2 cm³/mol. The molecule has 0 fully saturated rings. The third-order valence-corrected chi connectivity index (χ3v) is 2.84. The van der Waals surface area contributed by atoms with Gasteiger partial charge in [0, 0.05) is 0 Å². The van der Waals surface area contributed by atoms with Crippen molar-refractivity contribution in [3.05, 3.63) is 16.5 Å². The highest BCUT2D eigenvalue weighted by atomic mass is 32.1. The van der Waals surface area contributed by atoms with Gasteiger partial charge in [-0.15, -0.1) is 11.3 Å². The third-order valence-electron chi connectivity index (χ3n) is 1.55. The van der Waals surface area contributed by atoms with Crippen molar-refractivity contribution in [2.45, 2.75) is 26.7 Å². The lowest BCUT2D eigenvalue weighted by atomic mass is 10.3. The van der Waals surface area contributed by atoms with Crippen LogP contribution >= 0.6 is 11.3 Å². The number of hydrogen-bond donors (Lipinski definition) is 1. The van der Waals surface area contributed by atoms with E-state index in [-0.39, 0.29) is 0 Å². The van der Waals surface area contributed by atoms with Crippen molar-refractivity contribution in [3.8, 4) is 0 Å². The zero-order valence-electron chi connectivity index (χ0n) is 7.55. The number of aromatic nitrogens is 1. The first-order valence-electron chi connectivity index (χ1n) is 4.06. The van der Waals surface area contributed by atoms with E-state index in [0.29, 0.717) is 5.82 Å². The molecule has 0 aromatic carbocycles. The zero-order valence-corrected chi connectivity index (χ0v) is 8.37. The SMILES string of the molecule is C=C(C)c1sc(CCC)nc1N. The van der Waals surface area contributed by atoms with E-state index < -0.39 is 0 Å². The Balaban J connectivity index is 2.92. The molecule has 0 atom stereocenters. The minimum Gasteiger partial charge on any atom is -0.382 e. The second kappa shape index (κ2) is 3.72. The van der Waals surface area contributed by atoms with Gasteiger partial charge in [-0.05, 0) is 25.3 Å². The Labute approximate surface area is 77.1 Å². The Hall–Kier alpha value is -0.830. The van der Waals surface area contributed by atoms with Crippen molar-refractivity contribution in [2.75, 3.05) is 5.73 Å². The predicted octanol–water partition coefficient (Wildman–Crippen LogP) is 2.71. The van der Waals surface area contributed by atoms with Gasteiger partial charge < -0.3 is 5.73 Å². The number of nitrogen functional groups attached to an aromatic ring is 1. The summed E-state index contributed by atoms with van der Waals surface area (Å²) in [4.78, 5) is 5.30. The Morgan fingerprint density at radius 1 is 1.67 bits per heavy atom. The van der Waals surface area contributed by atoms with Gasteiger partial charge in [0.25, 0.3) is 0 Å². The molecule has 12 heavy (non-hydrogen) atoms. The van der Waals surface area contributed by atoms with E-state index in [0.717, 1.165) is 28.3 Å². The van der Waals surface area contributed by atoms with Gasteiger partial charge >= 0.3 is 0 Å². The summed E-state index contributed by atoms with van der Waals surface area (Å²) in [7, 11) is 0. The van der Waals surface area contributed by atoms with Gasteiger partial charge in [-0.1, -0.05) is 13.5 Å². The van der Waals surface area contributed by atoms with Crippen LogP contribution in [-0.2, 0) is 6.42 Å². The monoisotopic (exact) mass is 182 g/mol. The summed E-state index contributed by atoms with van der Waals surface area (Å²) in [5, 5.41) is 1.12. The maximum atomic E-state index is 5.71. The molecule has 1 aromatic heterocycles. The van der Waals surface area contributed by atoms with E-state index >= 15 is 0 Å². The largest absolute Gasteiger partial charge is 0.382 e. The van der Waals surface area contributed by atoms with Crippen LogP contribution in [-0.4, -0.2) is 4.98 Å². The molecular weight excluding hydrogens is 168 g/mol. The molecule has 0 radical (unpaired) electrons. The molecule has 1 heterocycles. The van der Waals surface area contributed by atoms with Crippen LogP contribution in [0.1, 0.15) is 30.2 Å². The first kappa shape index (κ1) is 9.26. The molecule has 2 N–H and O–H groups in total. The van der Waals surface area contributed by atoms with Gasteiger partial charge in [-0.25, -0.2) is 4.98 Å². The van der Waals surface area contributed by atoms with E-state index in [1.165, 1.54) is 0 Å². The second-order valence-electron chi connectivity index (χ2n) is 2.85. The quantitative estimate of drug-likeness (QED) is 0.780. The molecule has 3 heteroatoms. The normalized spacial score (nSPS) is 10.2. The molecule has 66 valence electrons. The van der Waals surface area contributed by atoms with E-state index in [1.807, 2.05) is 6.92 Å². The number of hydrogen-bond acceptors (Lipinski definition) is 3. The number of aryl methyl sites for hydroxylation is 1. The number of nitrogens with zero attached hydrogens (tertiary/aromatic N) is 1. The van der Waals surface area contributed by atoms with Crippen molar-refractivity contribution in [2.24, 2.45) is 0 Å². The molecule has 0 saturated carbocycles. The van der Waals surface area contributed by atoms with Crippen LogP contribution in [0.15, 0.2) is 6.58 Å². The topological polar surface area (TPSA) is 38.9 Å². The van der Waals surface area contributed by atoms with Crippen LogP contribution in [0.5, 0.6) is 0 Å². The molecule has 0 bridgehead atoms. The molecule has 0 aliphatic rings. The maximum Gasteiger partial charge on any atom is 0.142 e. The van der Waals surface area contributed by atoms with Gasteiger partial charge in [0.2, 0.25) is 0 Å². The van der Waals surface area contributed by atoms with E-state index in [2.05, 4.69) is 18.5 Å². The lowest BCUT2D eigenvalue weighted by Crippen LogP contribution is -1.88. The Bertz CT molecular complexity index is 289. The average Bonchev–Trinajstić information content (AvgIpc) is 2.32. The summed E-state index contributed by atoms with van der Waals surface area (Å²) in [5.74, 6) is 0.635. The average molecular weight is 182 g/mol. The van der Waals surface area contributed by atoms with E-state index in [9.17, 15) is 0 Å². The number of anilines is 1. The van der Waals surface area contributed by atoms with Crippen LogP contribution in [0.3, 0.4) is 0 Å². The van der Waals surface area contributed by atoms with Crippen LogP contribution < -0.4 is 5.73 Å². The van der Waals surface area contributed by atoms with Crippen LogP contribution in [0.4, 0.5) is 5.82 Å². The first-order valence-corrected chi connectivity index (χ1v) is 4.87. The highest BCUT2D eigenvalue weighted by Crippen LogP contribution is 2.27. The fraction of sp³-hybridized carbons (Fsp3) is 0.444. The summed E-state index contributed by atoms with van der Waals surface area (Å²) in [6.07, 6.45) is 2.13. The Morgan fingerprint density at radius 2 is 2.33 bits per heavy atom. The Morgan fingerprint density at radius 3 is 2.75 bits per heavy atom. The summed E-state index contributed by atoms with van der Waals surface area (Å²) in [6.45, 7) is 7.94. The van der Waals surface area contributed by atoms with Crippen LogP contribution in [0, 0.1) is 0 Å². The van der Waals surface area contributed by atoms with Crippen LogP contribution in [0.25, 0.3) is 5.57 Å². The summed E-state index contributed by atoms with van der Waals surface area (Å²) >= 11 is 1.66.